The van der Waals surface area contributed by atoms with E-state index >= 15 is 0 Å². The molecule has 0 saturated carbocycles. The summed E-state index contributed by atoms with van der Waals surface area (Å²) in [6, 6.07) is 9.38. The van der Waals surface area contributed by atoms with E-state index in [1.807, 2.05) is 18.6 Å². The summed E-state index contributed by atoms with van der Waals surface area (Å²) in [4.78, 5) is 4.30. The zero-order chi connectivity index (χ0) is 12.1. The first kappa shape index (κ1) is 12.3. The average Bonchev–Trinajstić information content (AvgIpc) is 2.84. The van der Waals surface area contributed by atoms with Crippen LogP contribution in [0.15, 0.2) is 35.8 Å². The van der Waals surface area contributed by atoms with Gasteiger partial charge in [-0.2, -0.15) is 0 Å². The molecule has 1 atom stereocenters. The predicted octanol–water partition coefficient (Wildman–Crippen LogP) is 2.88. The van der Waals surface area contributed by atoms with Crippen molar-refractivity contribution >= 4 is 11.3 Å². The Morgan fingerprint density at radius 2 is 1.94 bits per heavy atom. The maximum absolute atomic E-state index is 4.30. The summed E-state index contributed by atoms with van der Waals surface area (Å²) in [6.45, 7) is 2.20. The van der Waals surface area contributed by atoms with Crippen molar-refractivity contribution in [3.05, 3.63) is 52.0 Å². The van der Waals surface area contributed by atoms with Crippen molar-refractivity contribution in [2.75, 3.05) is 7.05 Å². The number of benzene rings is 1. The quantitative estimate of drug-likeness (QED) is 0.877. The lowest BCUT2D eigenvalue weighted by atomic mass is 10.0. The Kier molecular flexibility index (Phi) is 4.29. The number of thiazole rings is 1. The van der Waals surface area contributed by atoms with E-state index in [2.05, 4.69) is 41.5 Å². The van der Waals surface area contributed by atoms with Crippen LogP contribution in [0.3, 0.4) is 0 Å². The van der Waals surface area contributed by atoms with Crippen molar-refractivity contribution in [3.8, 4) is 0 Å². The summed E-state index contributed by atoms with van der Waals surface area (Å²) in [5.41, 5.74) is 2.72. The molecule has 0 saturated heterocycles. The predicted molar refractivity (Wildman–Crippen MR) is 73.6 cm³/mol. The van der Waals surface area contributed by atoms with Crippen LogP contribution in [0.4, 0.5) is 0 Å². The highest BCUT2D eigenvalue weighted by atomic mass is 32.1. The summed E-state index contributed by atoms with van der Waals surface area (Å²) in [5, 5.41) is 6.46. The lowest BCUT2D eigenvalue weighted by Crippen LogP contribution is -2.23. The molecule has 1 unspecified atom stereocenters. The largest absolute Gasteiger partial charge is 0.317 e. The highest BCUT2D eigenvalue weighted by Gasteiger charge is 2.02. The second-order valence-corrected chi connectivity index (χ2v) is 5.29. The first-order valence-corrected chi connectivity index (χ1v) is 6.79. The van der Waals surface area contributed by atoms with Gasteiger partial charge in [0, 0.05) is 24.0 Å². The summed E-state index contributed by atoms with van der Waals surface area (Å²) < 4.78 is 0. The van der Waals surface area contributed by atoms with Gasteiger partial charge in [0.2, 0.25) is 0 Å². The number of hydrogen-bond donors (Lipinski definition) is 1. The van der Waals surface area contributed by atoms with Crippen LogP contribution >= 0.6 is 11.3 Å². The summed E-state index contributed by atoms with van der Waals surface area (Å²) in [6.07, 6.45) is 3.89. The van der Waals surface area contributed by atoms with Crippen LogP contribution < -0.4 is 5.32 Å². The molecule has 0 aliphatic rings. The minimum absolute atomic E-state index is 0.528. The molecule has 2 rings (SSSR count). The lowest BCUT2D eigenvalue weighted by molar-refractivity contribution is 0.608. The van der Waals surface area contributed by atoms with Gasteiger partial charge >= 0.3 is 0 Å². The molecule has 1 aromatic carbocycles. The van der Waals surface area contributed by atoms with Gasteiger partial charge in [-0.25, -0.2) is 4.98 Å². The number of rotatable bonds is 5. The second kappa shape index (κ2) is 5.94. The van der Waals surface area contributed by atoms with Gasteiger partial charge in [0.15, 0.2) is 0 Å². The van der Waals surface area contributed by atoms with E-state index in [0.29, 0.717) is 6.04 Å². The van der Waals surface area contributed by atoms with Gasteiger partial charge in [0.05, 0.1) is 5.01 Å². The van der Waals surface area contributed by atoms with E-state index in [1.54, 1.807) is 11.3 Å². The molecular formula is C14H18N2S. The van der Waals surface area contributed by atoms with Gasteiger partial charge in [-0.3, -0.25) is 0 Å². The minimum atomic E-state index is 0.528. The summed E-state index contributed by atoms with van der Waals surface area (Å²) >= 11 is 1.72. The lowest BCUT2D eigenvalue weighted by Gasteiger charge is -2.10. The molecule has 0 amide bonds. The van der Waals surface area contributed by atoms with Crippen molar-refractivity contribution in [2.24, 2.45) is 0 Å². The van der Waals surface area contributed by atoms with Crippen LogP contribution in [-0.4, -0.2) is 18.1 Å². The summed E-state index contributed by atoms with van der Waals surface area (Å²) in [7, 11) is 2.00. The van der Waals surface area contributed by atoms with Gasteiger partial charge in [-0.15, -0.1) is 11.3 Å². The Bertz CT molecular complexity index is 434. The van der Waals surface area contributed by atoms with Crippen LogP contribution in [0, 0.1) is 0 Å². The molecule has 2 nitrogen and oxygen atoms in total. The molecular weight excluding hydrogens is 228 g/mol. The zero-order valence-corrected chi connectivity index (χ0v) is 11.1. The molecule has 0 spiro atoms. The van der Waals surface area contributed by atoms with Crippen LogP contribution in [0.25, 0.3) is 0 Å². The van der Waals surface area contributed by atoms with Gasteiger partial charge < -0.3 is 5.32 Å². The molecule has 17 heavy (non-hydrogen) atoms. The first-order chi connectivity index (χ1) is 8.28. The van der Waals surface area contributed by atoms with E-state index in [0.717, 1.165) is 12.8 Å². The highest BCUT2D eigenvalue weighted by molar-refractivity contribution is 7.09. The normalized spacial score (nSPS) is 12.6. The third kappa shape index (κ3) is 3.65. The molecule has 1 N–H and O–H groups in total. The molecule has 90 valence electrons. The minimum Gasteiger partial charge on any atom is -0.317 e. The molecule has 0 aliphatic heterocycles. The van der Waals surface area contributed by atoms with Gasteiger partial charge in [-0.05, 0) is 31.5 Å². The zero-order valence-electron chi connectivity index (χ0n) is 10.3. The number of nitrogens with zero attached hydrogens (tertiary/aromatic N) is 1. The van der Waals surface area contributed by atoms with E-state index in [4.69, 9.17) is 0 Å². The molecule has 0 radical (unpaired) electrons. The van der Waals surface area contributed by atoms with Gasteiger partial charge in [-0.1, -0.05) is 24.3 Å². The van der Waals surface area contributed by atoms with E-state index < -0.39 is 0 Å². The molecule has 3 heteroatoms. The van der Waals surface area contributed by atoms with Gasteiger partial charge in [0.25, 0.3) is 0 Å². The second-order valence-electron chi connectivity index (χ2n) is 4.31. The van der Waals surface area contributed by atoms with Crippen LogP contribution in [0.5, 0.6) is 0 Å². The van der Waals surface area contributed by atoms with E-state index in [9.17, 15) is 0 Å². The van der Waals surface area contributed by atoms with Gasteiger partial charge in [0.1, 0.15) is 0 Å². The monoisotopic (exact) mass is 246 g/mol. The molecule has 1 aromatic heterocycles. The third-order valence-corrected chi connectivity index (χ3v) is 3.68. The number of aromatic nitrogens is 1. The molecule has 0 fully saturated rings. The first-order valence-electron chi connectivity index (χ1n) is 5.91. The number of nitrogens with one attached hydrogen (secondary N) is 1. The van der Waals surface area contributed by atoms with Crippen molar-refractivity contribution < 1.29 is 0 Å². The smallest absolute Gasteiger partial charge is 0.0968 e. The van der Waals surface area contributed by atoms with E-state index in [-0.39, 0.29) is 0 Å². The Hall–Kier alpha value is -1.19. The third-order valence-electron chi connectivity index (χ3n) is 2.90. The maximum Gasteiger partial charge on any atom is 0.0968 e. The Morgan fingerprint density at radius 1 is 1.24 bits per heavy atom. The van der Waals surface area contributed by atoms with Crippen molar-refractivity contribution in [3.63, 3.8) is 0 Å². The summed E-state index contributed by atoms with van der Waals surface area (Å²) in [5.74, 6) is 0. The Balaban J connectivity index is 1.98. The fourth-order valence-electron chi connectivity index (χ4n) is 1.76. The van der Waals surface area contributed by atoms with Crippen molar-refractivity contribution in [2.45, 2.75) is 25.8 Å². The molecule has 0 aliphatic carbocycles. The van der Waals surface area contributed by atoms with Crippen LogP contribution in [0.2, 0.25) is 0 Å². The molecule has 0 bridgehead atoms. The Morgan fingerprint density at radius 3 is 2.53 bits per heavy atom. The molecule has 2 aromatic rings. The van der Waals surface area contributed by atoms with Crippen LogP contribution in [-0.2, 0) is 12.8 Å². The average molecular weight is 246 g/mol. The fourth-order valence-corrected chi connectivity index (χ4v) is 2.41. The maximum atomic E-state index is 4.30. The van der Waals surface area contributed by atoms with E-state index in [1.165, 1.54) is 16.1 Å². The highest BCUT2D eigenvalue weighted by Crippen LogP contribution is 2.13. The van der Waals surface area contributed by atoms with Crippen LogP contribution in [0.1, 0.15) is 23.1 Å². The Labute approximate surface area is 107 Å². The number of hydrogen-bond acceptors (Lipinski definition) is 3. The van der Waals surface area contributed by atoms with Crippen molar-refractivity contribution in [1.82, 2.24) is 10.3 Å². The topological polar surface area (TPSA) is 24.9 Å². The molecule has 1 heterocycles. The SMILES string of the molecule is CNC(C)Cc1ccc(Cc2nccs2)cc1. The van der Waals surface area contributed by atoms with Crippen molar-refractivity contribution in [1.29, 1.82) is 0 Å². The standard InChI is InChI=1S/C14H18N2S/c1-11(15-2)9-12-3-5-13(6-4-12)10-14-16-7-8-17-14/h3-8,11,15H,9-10H2,1-2H3. The number of likely N-dealkylation sites (N-methyl/N-ethyl adjacent to an activating group) is 1. The fraction of sp³-hybridized carbons (Fsp3) is 0.357.